The van der Waals surface area contributed by atoms with Crippen molar-refractivity contribution in [2.45, 2.75) is 65.0 Å². The van der Waals surface area contributed by atoms with Gasteiger partial charge in [-0.3, -0.25) is 4.79 Å². The molecule has 0 spiro atoms. The predicted octanol–water partition coefficient (Wildman–Crippen LogP) is 2.20. The molecule has 0 heterocycles. The Morgan fingerprint density at radius 3 is 2.55 bits per heavy atom. The van der Waals surface area contributed by atoms with Crippen LogP contribution >= 0.6 is 0 Å². The number of rotatable bonds is 7. The Hall–Kier alpha value is -1.10. The third kappa shape index (κ3) is 5.12. The molecule has 1 fully saturated rings. The summed E-state index contributed by atoms with van der Waals surface area (Å²) in [7, 11) is 0. The van der Waals surface area contributed by atoms with Crippen LogP contribution in [0.15, 0.2) is 0 Å². The molecule has 1 amide bonds. The van der Waals surface area contributed by atoms with Crippen molar-refractivity contribution in [3.8, 4) is 0 Å². The monoisotopic (exact) mass is 285 g/mol. The number of carbonyl (C=O) groups is 2. The fraction of sp³-hybridized carbons (Fsp3) is 0.867. The predicted molar refractivity (Wildman–Crippen MR) is 76.4 cm³/mol. The van der Waals surface area contributed by atoms with Gasteiger partial charge in [0.05, 0.1) is 6.10 Å². The number of hydrogen-bond acceptors (Lipinski definition) is 3. The molecule has 0 aromatic rings. The smallest absolute Gasteiger partial charge is 0.326 e. The van der Waals surface area contributed by atoms with Crippen LogP contribution in [0.1, 0.15) is 52.9 Å². The molecule has 2 N–H and O–H groups in total. The third-order valence-corrected chi connectivity index (χ3v) is 4.26. The normalized spacial score (nSPS) is 25.8. The van der Waals surface area contributed by atoms with Crippen LogP contribution < -0.4 is 5.32 Å². The average Bonchev–Trinajstić information content (AvgIpc) is 2.42. The highest BCUT2D eigenvalue weighted by molar-refractivity contribution is 5.84. The van der Waals surface area contributed by atoms with Crippen LogP contribution in [0.25, 0.3) is 0 Å². The zero-order chi connectivity index (χ0) is 15.1. The van der Waals surface area contributed by atoms with Crippen LogP contribution in [0.2, 0.25) is 0 Å². The second-order valence-electron chi connectivity index (χ2n) is 5.88. The molecular formula is C15H27NO4. The van der Waals surface area contributed by atoms with Crippen molar-refractivity contribution in [3.05, 3.63) is 0 Å². The van der Waals surface area contributed by atoms with E-state index in [2.05, 4.69) is 12.2 Å². The van der Waals surface area contributed by atoms with Crippen LogP contribution in [0.4, 0.5) is 0 Å². The molecule has 0 saturated heterocycles. The topological polar surface area (TPSA) is 75.6 Å². The van der Waals surface area contributed by atoms with Gasteiger partial charge in [0.1, 0.15) is 12.6 Å². The first-order chi connectivity index (χ1) is 9.45. The first-order valence-electron chi connectivity index (χ1n) is 7.59. The van der Waals surface area contributed by atoms with Crippen molar-refractivity contribution in [1.29, 1.82) is 0 Å². The summed E-state index contributed by atoms with van der Waals surface area (Å²) in [6.07, 6.45) is 5.32. The van der Waals surface area contributed by atoms with Gasteiger partial charge < -0.3 is 15.2 Å². The zero-order valence-electron chi connectivity index (χ0n) is 12.7. The summed E-state index contributed by atoms with van der Waals surface area (Å²) in [4.78, 5) is 23.0. The fourth-order valence-corrected chi connectivity index (χ4v) is 2.61. The minimum atomic E-state index is -0.987. The van der Waals surface area contributed by atoms with Crippen molar-refractivity contribution >= 4 is 11.9 Å². The summed E-state index contributed by atoms with van der Waals surface area (Å²) in [5, 5.41) is 11.7. The van der Waals surface area contributed by atoms with E-state index in [4.69, 9.17) is 9.84 Å². The maximum absolute atomic E-state index is 11.8. The summed E-state index contributed by atoms with van der Waals surface area (Å²) >= 11 is 0. The third-order valence-electron chi connectivity index (χ3n) is 4.26. The number of carbonyl (C=O) groups excluding carboxylic acids is 1. The Bertz CT molecular complexity index is 332. The molecular weight excluding hydrogens is 258 g/mol. The van der Waals surface area contributed by atoms with E-state index in [-0.39, 0.29) is 24.5 Å². The first kappa shape index (κ1) is 17.0. The van der Waals surface area contributed by atoms with Crippen molar-refractivity contribution in [2.24, 2.45) is 11.8 Å². The number of aliphatic carboxylic acids is 1. The van der Waals surface area contributed by atoms with Gasteiger partial charge >= 0.3 is 5.97 Å². The lowest BCUT2D eigenvalue weighted by atomic mass is 9.88. The first-order valence-corrected chi connectivity index (χ1v) is 7.59. The maximum atomic E-state index is 11.8. The maximum Gasteiger partial charge on any atom is 0.326 e. The van der Waals surface area contributed by atoms with Crippen LogP contribution in [-0.4, -0.2) is 35.7 Å². The SMILES string of the molecule is CC[C@H](C)[C@H](NC(=O)COC1CCCCC1C)C(=O)O. The van der Waals surface area contributed by atoms with Crippen molar-refractivity contribution in [2.75, 3.05) is 6.61 Å². The van der Waals surface area contributed by atoms with Crippen LogP contribution in [0, 0.1) is 11.8 Å². The molecule has 0 bridgehead atoms. The Labute approximate surface area is 121 Å². The van der Waals surface area contributed by atoms with E-state index in [9.17, 15) is 9.59 Å². The quantitative estimate of drug-likeness (QED) is 0.752. The van der Waals surface area contributed by atoms with Gasteiger partial charge in [0.25, 0.3) is 0 Å². The second-order valence-corrected chi connectivity index (χ2v) is 5.88. The average molecular weight is 285 g/mol. The summed E-state index contributed by atoms with van der Waals surface area (Å²) in [5.74, 6) is -0.944. The Morgan fingerprint density at radius 1 is 1.35 bits per heavy atom. The fourth-order valence-electron chi connectivity index (χ4n) is 2.61. The van der Waals surface area contributed by atoms with Gasteiger partial charge in [-0.15, -0.1) is 0 Å². The van der Waals surface area contributed by atoms with E-state index >= 15 is 0 Å². The van der Waals surface area contributed by atoms with Crippen LogP contribution in [0.3, 0.4) is 0 Å². The van der Waals surface area contributed by atoms with Crippen molar-refractivity contribution in [3.63, 3.8) is 0 Å². The van der Waals surface area contributed by atoms with Gasteiger partial charge in [-0.05, 0) is 24.7 Å². The van der Waals surface area contributed by atoms with E-state index in [0.717, 1.165) is 19.3 Å². The lowest BCUT2D eigenvalue weighted by molar-refractivity contribution is -0.144. The number of carboxylic acid groups (broad SMARTS) is 1. The van der Waals surface area contributed by atoms with Gasteiger partial charge in [0.2, 0.25) is 5.91 Å². The summed E-state index contributed by atoms with van der Waals surface area (Å²) in [6.45, 7) is 5.83. The molecule has 2 unspecified atom stereocenters. The molecule has 0 aromatic heterocycles. The molecule has 1 rings (SSSR count). The number of carboxylic acids is 1. The standard InChI is InChI=1S/C15H27NO4/c1-4-10(2)14(15(18)19)16-13(17)9-20-12-8-6-5-7-11(12)3/h10-12,14H,4-9H2,1-3H3,(H,16,17)(H,18,19)/t10-,11?,12?,14-/m0/s1. The van der Waals surface area contributed by atoms with Crippen molar-refractivity contribution in [1.82, 2.24) is 5.32 Å². The Morgan fingerprint density at radius 2 is 2.00 bits per heavy atom. The molecule has 0 radical (unpaired) electrons. The largest absolute Gasteiger partial charge is 0.480 e. The number of amides is 1. The molecule has 5 nitrogen and oxygen atoms in total. The minimum Gasteiger partial charge on any atom is -0.480 e. The van der Waals surface area contributed by atoms with Gasteiger partial charge in [0, 0.05) is 0 Å². The molecule has 1 aliphatic rings. The molecule has 0 aromatic carbocycles. The Balaban J connectivity index is 2.39. The van der Waals surface area contributed by atoms with E-state index in [0.29, 0.717) is 12.3 Å². The van der Waals surface area contributed by atoms with E-state index in [1.54, 1.807) is 0 Å². The zero-order valence-corrected chi connectivity index (χ0v) is 12.7. The highest BCUT2D eigenvalue weighted by Gasteiger charge is 2.27. The molecule has 4 atom stereocenters. The van der Waals surface area contributed by atoms with E-state index in [1.165, 1.54) is 6.42 Å². The van der Waals surface area contributed by atoms with Gasteiger partial charge in [-0.1, -0.05) is 40.0 Å². The second kappa shape index (κ2) is 8.25. The number of hydrogen-bond donors (Lipinski definition) is 2. The van der Waals surface area contributed by atoms with Gasteiger partial charge in [-0.2, -0.15) is 0 Å². The van der Waals surface area contributed by atoms with Gasteiger partial charge in [0.15, 0.2) is 0 Å². The molecule has 20 heavy (non-hydrogen) atoms. The van der Waals surface area contributed by atoms with Crippen molar-refractivity contribution < 1.29 is 19.4 Å². The lowest BCUT2D eigenvalue weighted by Gasteiger charge is -2.28. The van der Waals surface area contributed by atoms with E-state index in [1.807, 2.05) is 13.8 Å². The van der Waals surface area contributed by atoms with Crippen LogP contribution in [0.5, 0.6) is 0 Å². The molecule has 116 valence electrons. The molecule has 1 saturated carbocycles. The summed E-state index contributed by atoms with van der Waals surface area (Å²) < 4.78 is 5.65. The highest BCUT2D eigenvalue weighted by atomic mass is 16.5. The Kier molecular flexibility index (Phi) is 6.99. The number of ether oxygens (including phenoxy) is 1. The lowest BCUT2D eigenvalue weighted by Crippen LogP contribution is -2.46. The molecule has 5 heteroatoms. The van der Waals surface area contributed by atoms with E-state index < -0.39 is 12.0 Å². The van der Waals surface area contributed by atoms with Gasteiger partial charge in [-0.25, -0.2) is 4.79 Å². The summed E-state index contributed by atoms with van der Waals surface area (Å²) in [6, 6.07) is -0.833. The minimum absolute atomic E-state index is 0.0464. The number of nitrogens with one attached hydrogen (secondary N) is 1. The molecule has 1 aliphatic carbocycles. The molecule has 0 aliphatic heterocycles. The summed E-state index contributed by atoms with van der Waals surface area (Å²) in [5.41, 5.74) is 0. The van der Waals surface area contributed by atoms with Crippen LogP contribution in [-0.2, 0) is 14.3 Å². The highest BCUT2D eigenvalue weighted by Crippen LogP contribution is 2.26.